The first kappa shape index (κ1) is 16.9. The summed E-state index contributed by atoms with van der Waals surface area (Å²) in [6.45, 7) is 0.0607. The quantitative estimate of drug-likeness (QED) is 0.645. The summed E-state index contributed by atoms with van der Waals surface area (Å²) in [4.78, 5) is 32.5. The molecule has 3 aromatic rings. The summed E-state index contributed by atoms with van der Waals surface area (Å²) < 4.78 is 1.49. The maximum Gasteiger partial charge on any atom is 0.262 e. The van der Waals surface area contributed by atoms with E-state index in [9.17, 15) is 9.59 Å². The molecule has 5 heteroatoms. The molecule has 4 nitrogen and oxygen atoms in total. The van der Waals surface area contributed by atoms with Gasteiger partial charge in [0.1, 0.15) is 4.83 Å². The van der Waals surface area contributed by atoms with Crippen LogP contribution in [-0.4, -0.2) is 15.3 Å². The number of aromatic nitrogens is 2. The second-order valence-electron chi connectivity index (χ2n) is 7.68. The number of aryl methyl sites for hydroxylation is 4. The van der Waals surface area contributed by atoms with E-state index >= 15 is 0 Å². The lowest BCUT2D eigenvalue weighted by Gasteiger charge is -2.16. The van der Waals surface area contributed by atoms with Crippen LogP contribution in [0.3, 0.4) is 0 Å². The summed E-state index contributed by atoms with van der Waals surface area (Å²) in [5.74, 6) is -0.0179. The number of hydrogen-bond donors (Lipinski definition) is 0. The second kappa shape index (κ2) is 6.71. The van der Waals surface area contributed by atoms with E-state index in [1.807, 2.05) is 12.1 Å². The Hall–Kier alpha value is -2.27. The average molecular weight is 378 g/mol. The van der Waals surface area contributed by atoms with Crippen LogP contribution in [0.4, 0.5) is 0 Å². The van der Waals surface area contributed by atoms with E-state index in [1.165, 1.54) is 45.4 Å². The van der Waals surface area contributed by atoms with Crippen LogP contribution in [0.5, 0.6) is 0 Å². The van der Waals surface area contributed by atoms with E-state index in [4.69, 9.17) is 0 Å². The number of rotatable bonds is 3. The number of fused-ring (bicyclic) bond motifs is 4. The Morgan fingerprint density at radius 2 is 1.81 bits per heavy atom. The average Bonchev–Trinajstić information content (AvgIpc) is 3.09. The lowest BCUT2D eigenvalue weighted by atomic mass is 9.90. The van der Waals surface area contributed by atoms with Gasteiger partial charge >= 0.3 is 0 Å². The fourth-order valence-corrected chi connectivity index (χ4v) is 5.67. The van der Waals surface area contributed by atoms with Gasteiger partial charge in [-0.15, -0.1) is 11.3 Å². The highest BCUT2D eigenvalue weighted by molar-refractivity contribution is 7.18. The minimum absolute atomic E-state index is 0.0179. The topological polar surface area (TPSA) is 52.0 Å². The molecule has 0 unspecified atom stereocenters. The van der Waals surface area contributed by atoms with E-state index in [2.05, 4.69) is 11.1 Å². The monoisotopic (exact) mass is 378 g/mol. The van der Waals surface area contributed by atoms with Crippen molar-refractivity contribution in [3.63, 3.8) is 0 Å². The highest BCUT2D eigenvalue weighted by Crippen LogP contribution is 2.33. The van der Waals surface area contributed by atoms with E-state index in [1.54, 1.807) is 17.7 Å². The van der Waals surface area contributed by atoms with Crippen molar-refractivity contribution >= 4 is 27.3 Å². The van der Waals surface area contributed by atoms with Gasteiger partial charge in [0.25, 0.3) is 5.56 Å². The van der Waals surface area contributed by atoms with Crippen molar-refractivity contribution in [1.82, 2.24) is 9.55 Å². The molecule has 2 aromatic heterocycles. The lowest BCUT2D eigenvalue weighted by molar-refractivity contribution is 0.0970. The van der Waals surface area contributed by atoms with Crippen LogP contribution in [0.2, 0.25) is 0 Å². The molecule has 0 bridgehead atoms. The van der Waals surface area contributed by atoms with Crippen LogP contribution >= 0.6 is 11.3 Å². The summed E-state index contributed by atoms with van der Waals surface area (Å²) in [7, 11) is 0. The van der Waals surface area contributed by atoms with Crippen molar-refractivity contribution in [3.8, 4) is 0 Å². The standard InChI is InChI=1S/C22H22N2O2S/c25-18(16-10-9-14-5-1-2-6-15(14)11-16)12-24-13-23-21-20(22(24)26)17-7-3-4-8-19(17)27-21/h9-11,13H,1-8,12H2. The Kier molecular flexibility index (Phi) is 4.20. The van der Waals surface area contributed by atoms with Gasteiger partial charge in [-0.25, -0.2) is 4.98 Å². The van der Waals surface area contributed by atoms with E-state index in [0.29, 0.717) is 5.56 Å². The van der Waals surface area contributed by atoms with Gasteiger partial charge < -0.3 is 0 Å². The Labute approximate surface area is 161 Å². The third-order valence-electron chi connectivity index (χ3n) is 5.93. The molecule has 2 aliphatic rings. The molecule has 0 spiro atoms. The SMILES string of the molecule is O=C(Cn1cnc2sc3c(c2c1=O)CCCC3)c1ccc2c(c1)CCCC2. The number of ketones is 1. The zero-order chi connectivity index (χ0) is 18.4. The van der Waals surface area contributed by atoms with Gasteiger partial charge in [-0.05, 0) is 74.1 Å². The first-order chi connectivity index (χ1) is 13.2. The maximum atomic E-state index is 13.0. The van der Waals surface area contributed by atoms with Gasteiger partial charge in [0.05, 0.1) is 18.3 Å². The molecule has 0 atom stereocenters. The van der Waals surface area contributed by atoms with Crippen LogP contribution < -0.4 is 5.56 Å². The van der Waals surface area contributed by atoms with Crippen LogP contribution in [-0.2, 0) is 32.2 Å². The third-order valence-corrected chi connectivity index (χ3v) is 7.13. The van der Waals surface area contributed by atoms with Gasteiger partial charge in [-0.3, -0.25) is 14.2 Å². The molecule has 2 aliphatic carbocycles. The first-order valence-corrected chi connectivity index (χ1v) is 10.7. The minimum Gasteiger partial charge on any atom is -0.292 e. The van der Waals surface area contributed by atoms with Crippen LogP contribution in [0.25, 0.3) is 10.2 Å². The fourth-order valence-electron chi connectivity index (χ4n) is 4.45. The normalized spacial score (nSPS) is 16.1. The van der Waals surface area contributed by atoms with Crippen molar-refractivity contribution < 1.29 is 4.79 Å². The summed E-state index contributed by atoms with van der Waals surface area (Å²) in [5.41, 5.74) is 4.47. The van der Waals surface area contributed by atoms with Crippen molar-refractivity contribution in [1.29, 1.82) is 0 Å². The van der Waals surface area contributed by atoms with Crippen molar-refractivity contribution in [2.75, 3.05) is 0 Å². The Morgan fingerprint density at radius 1 is 1.04 bits per heavy atom. The minimum atomic E-state index is -0.0642. The molecule has 0 amide bonds. The molecule has 0 radical (unpaired) electrons. The number of carbonyl (C=O) groups excluding carboxylic acids is 1. The lowest BCUT2D eigenvalue weighted by Crippen LogP contribution is -2.25. The molecule has 1 aromatic carbocycles. The summed E-state index contributed by atoms with van der Waals surface area (Å²) in [6, 6.07) is 6.03. The zero-order valence-electron chi connectivity index (χ0n) is 15.3. The molecule has 0 aliphatic heterocycles. The Morgan fingerprint density at radius 3 is 2.70 bits per heavy atom. The molecule has 5 rings (SSSR count). The summed E-state index contributed by atoms with van der Waals surface area (Å²) >= 11 is 1.64. The maximum absolute atomic E-state index is 13.0. The molecular weight excluding hydrogens is 356 g/mol. The molecule has 27 heavy (non-hydrogen) atoms. The molecule has 0 saturated carbocycles. The third kappa shape index (κ3) is 2.94. The highest BCUT2D eigenvalue weighted by atomic mass is 32.1. The Balaban J connectivity index is 1.48. The molecule has 138 valence electrons. The van der Waals surface area contributed by atoms with Gasteiger partial charge in [0.2, 0.25) is 0 Å². The highest BCUT2D eigenvalue weighted by Gasteiger charge is 2.21. The number of nitrogens with zero attached hydrogens (tertiary/aromatic N) is 2. The molecule has 0 fully saturated rings. The number of hydrogen-bond acceptors (Lipinski definition) is 4. The Bertz CT molecular complexity index is 1110. The fraction of sp³-hybridized carbons (Fsp3) is 0.409. The van der Waals surface area contributed by atoms with Crippen molar-refractivity contribution in [2.24, 2.45) is 0 Å². The number of benzene rings is 1. The van der Waals surface area contributed by atoms with Crippen LogP contribution in [0.1, 0.15) is 57.6 Å². The second-order valence-corrected chi connectivity index (χ2v) is 8.77. The van der Waals surface area contributed by atoms with Crippen molar-refractivity contribution in [2.45, 2.75) is 57.9 Å². The van der Waals surface area contributed by atoms with E-state index in [0.717, 1.165) is 42.3 Å². The molecular formula is C22H22N2O2S. The summed E-state index contributed by atoms with van der Waals surface area (Å²) in [6.07, 6.45) is 10.4. The number of thiophene rings is 1. The van der Waals surface area contributed by atoms with E-state index < -0.39 is 0 Å². The molecule has 0 N–H and O–H groups in total. The van der Waals surface area contributed by atoms with Gasteiger partial charge in [0.15, 0.2) is 5.78 Å². The van der Waals surface area contributed by atoms with Crippen molar-refractivity contribution in [3.05, 3.63) is 62.0 Å². The molecule has 2 heterocycles. The van der Waals surface area contributed by atoms with E-state index in [-0.39, 0.29) is 17.9 Å². The zero-order valence-corrected chi connectivity index (χ0v) is 16.1. The number of Topliss-reactive ketones (excluding diaryl/α,β-unsaturated/α-hetero) is 1. The largest absolute Gasteiger partial charge is 0.292 e. The molecule has 0 saturated heterocycles. The van der Waals surface area contributed by atoms with Crippen LogP contribution in [0.15, 0.2) is 29.3 Å². The van der Waals surface area contributed by atoms with Gasteiger partial charge in [0, 0.05) is 10.4 Å². The predicted octanol–water partition coefficient (Wildman–Crippen LogP) is 4.10. The number of carbonyl (C=O) groups is 1. The summed E-state index contributed by atoms with van der Waals surface area (Å²) in [5, 5.41) is 0.746. The first-order valence-electron chi connectivity index (χ1n) is 9.85. The van der Waals surface area contributed by atoms with Gasteiger partial charge in [-0.1, -0.05) is 12.1 Å². The smallest absolute Gasteiger partial charge is 0.262 e. The predicted molar refractivity (Wildman–Crippen MR) is 108 cm³/mol. The van der Waals surface area contributed by atoms with Gasteiger partial charge in [-0.2, -0.15) is 0 Å². The van der Waals surface area contributed by atoms with Crippen LogP contribution in [0, 0.1) is 0 Å².